The Morgan fingerprint density at radius 3 is 2.43 bits per heavy atom. The van der Waals surface area contributed by atoms with Gasteiger partial charge in [-0.3, -0.25) is 0 Å². The van der Waals surface area contributed by atoms with E-state index in [1.807, 2.05) is 0 Å². The molecular formula is C18H32N2O. The number of benzene rings is 1. The fourth-order valence-electron chi connectivity index (χ4n) is 2.46. The van der Waals surface area contributed by atoms with Crippen LogP contribution in [0.1, 0.15) is 38.8 Å². The second-order valence-electron chi connectivity index (χ2n) is 6.49. The summed E-state index contributed by atoms with van der Waals surface area (Å²) in [5, 5.41) is 3.47. The normalized spacial score (nSPS) is 11.4. The van der Waals surface area contributed by atoms with Crippen LogP contribution < -0.4 is 10.2 Å². The van der Waals surface area contributed by atoms with Crippen molar-refractivity contribution in [3.63, 3.8) is 0 Å². The molecule has 0 heterocycles. The average Bonchev–Trinajstić information content (AvgIpc) is 2.41. The number of aryl methyl sites for hydroxylation is 1. The van der Waals surface area contributed by atoms with Gasteiger partial charge in [-0.2, -0.15) is 0 Å². The Bertz CT molecular complexity index is 416. The van der Waals surface area contributed by atoms with Gasteiger partial charge < -0.3 is 15.0 Å². The van der Waals surface area contributed by atoms with Crippen LogP contribution in [0.15, 0.2) is 18.2 Å². The zero-order valence-corrected chi connectivity index (χ0v) is 14.6. The Morgan fingerprint density at radius 1 is 1.19 bits per heavy atom. The summed E-state index contributed by atoms with van der Waals surface area (Å²) in [6, 6.07) is 7.30. The average molecular weight is 292 g/mol. The highest BCUT2D eigenvalue weighted by Crippen LogP contribution is 2.22. The molecule has 1 N–H and O–H groups in total. The molecule has 0 unspecified atom stereocenters. The number of rotatable bonds is 9. The molecule has 120 valence electrons. The third-order valence-electron chi connectivity index (χ3n) is 3.47. The number of nitrogens with zero attached hydrogens (tertiary/aromatic N) is 1. The van der Waals surface area contributed by atoms with E-state index in [1.54, 1.807) is 7.11 Å². The van der Waals surface area contributed by atoms with Gasteiger partial charge in [-0.1, -0.05) is 39.8 Å². The molecule has 1 aromatic rings. The topological polar surface area (TPSA) is 24.5 Å². The standard InChI is InChI=1S/C18H32N2O/c1-14(2)13-20(9-10-21-6)18-8-7-17(11-16(18)5)12-19-15(3)4/h7-8,11,14-15,19H,9-10,12-13H2,1-6H3. The lowest BCUT2D eigenvalue weighted by Crippen LogP contribution is -2.31. The molecule has 0 saturated carbocycles. The largest absolute Gasteiger partial charge is 0.383 e. The summed E-state index contributed by atoms with van der Waals surface area (Å²) in [6.07, 6.45) is 0. The van der Waals surface area contributed by atoms with E-state index in [-0.39, 0.29) is 0 Å². The van der Waals surface area contributed by atoms with Crippen molar-refractivity contribution in [2.75, 3.05) is 31.7 Å². The van der Waals surface area contributed by atoms with Crippen molar-refractivity contribution < 1.29 is 4.74 Å². The quantitative estimate of drug-likeness (QED) is 0.752. The van der Waals surface area contributed by atoms with Gasteiger partial charge in [0.1, 0.15) is 0 Å². The molecule has 0 aromatic heterocycles. The first kappa shape index (κ1) is 18.0. The Balaban J connectivity index is 2.82. The van der Waals surface area contributed by atoms with Gasteiger partial charge in [-0.25, -0.2) is 0 Å². The first-order chi connectivity index (χ1) is 9.93. The highest BCUT2D eigenvalue weighted by atomic mass is 16.5. The molecule has 3 nitrogen and oxygen atoms in total. The van der Waals surface area contributed by atoms with Crippen LogP contribution in [0.3, 0.4) is 0 Å². The molecule has 0 aliphatic rings. The van der Waals surface area contributed by atoms with Gasteiger partial charge >= 0.3 is 0 Å². The third kappa shape index (κ3) is 6.49. The molecule has 0 bridgehead atoms. The zero-order chi connectivity index (χ0) is 15.8. The van der Waals surface area contributed by atoms with Gasteiger partial charge in [0.25, 0.3) is 0 Å². The number of ether oxygens (including phenoxy) is 1. The van der Waals surface area contributed by atoms with Crippen molar-refractivity contribution in [1.29, 1.82) is 0 Å². The number of nitrogens with one attached hydrogen (secondary N) is 1. The van der Waals surface area contributed by atoms with Crippen molar-refractivity contribution in [2.24, 2.45) is 5.92 Å². The fraction of sp³-hybridized carbons (Fsp3) is 0.667. The van der Waals surface area contributed by atoms with E-state index >= 15 is 0 Å². The molecule has 0 spiro atoms. The summed E-state index contributed by atoms with van der Waals surface area (Å²) in [5.41, 5.74) is 4.02. The van der Waals surface area contributed by atoms with Crippen molar-refractivity contribution in [1.82, 2.24) is 5.32 Å². The summed E-state index contributed by atoms with van der Waals surface area (Å²) in [4.78, 5) is 2.43. The van der Waals surface area contributed by atoms with E-state index in [1.165, 1.54) is 16.8 Å². The van der Waals surface area contributed by atoms with Crippen LogP contribution >= 0.6 is 0 Å². The first-order valence-electron chi connectivity index (χ1n) is 8.00. The van der Waals surface area contributed by atoms with Crippen LogP contribution in [0.4, 0.5) is 5.69 Å². The highest BCUT2D eigenvalue weighted by Gasteiger charge is 2.11. The highest BCUT2D eigenvalue weighted by molar-refractivity contribution is 5.54. The summed E-state index contributed by atoms with van der Waals surface area (Å²) in [6.45, 7) is 14.8. The minimum absolute atomic E-state index is 0.518. The predicted molar refractivity (Wildman–Crippen MR) is 92.1 cm³/mol. The second-order valence-corrected chi connectivity index (χ2v) is 6.49. The molecule has 0 saturated heterocycles. The summed E-state index contributed by atoms with van der Waals surface area (Å²) >= 11 is 0. The first-order valence-corrected chi connectivity index (χ1v) is 8.00. The van der Waals surface area contributed by atoms with Gasteiger partial charge in [0.2, 0.25) is 0 Å². The molecule has 0 radical (unpaired) electrons. The Hall–Kier alpha value is -1.06. The van der Waals surface area contributed by atoms with Gasteiger partial charge in [-0.05, 0) is 30.0 Å². The zero-order valence-electron chi connectivity index (χ0n) is 14.6. The van der Waals surface area contributed by atoms with Crippen molar-refractivity contribution in [2.45, 2.75) is 47.2 Å². The molecule has 0 aliphatic carbocycles. The molecule has 1 aromatic carbocycles. The van der Waals surface area contributed by atoms with Crippen LogP contribution in [-0.2, 0) is 11.3 Å². The molecule has 0 aliphatic heterocycles. The smallest absolute Gasteiger partial charge is 0.0637 e. The minimum Gasteiger partial charge on any atom is -0.383 e. The Labute approximate surface area is 130 Å². The maximum absolute atomic E-state index is 5.25. The van der Waals surface area contributed by atoms with E-state index in [0.29, 0.717) is 12.0 Å². The minimum atomic E-state index is 0.518. The summed E-state index contributed by atoms with van der Waals surface area (Å²) in [5.74, 6) is 0.642. The van der Waals surface area contributed by atoms with Gasteiger partial charge in [0, 0.05) is 38.5 Å². The van der Waals surface area contributed by atoms with Crippen LogP contribution in [0.2, 0.25) is 0 Å². The van der Waals surface area contributed by atoms with Gasteiger partial charge in [-0.15, -0.1) is 0 Å². The van der Waals surface area contributed by atoms with Crippen LogP contribution in [0, 0.1) is 12.8 Å². The molecular weight excluding hydrogens is 260 g/mol. The fourth-order valence-corrected chi connectivity index (χ4v) is 2.46. The molecule has 0 fully saturated rings. The summed E-state index contributed by atoms with van der Waals surface area (Å²) < 4.78 is 5.25. The van der Waals surface area contributed by atoms with E-state index in [2.05, 4.69) is 63.0 Å². The number of methoxy groups -OCH3 is 1. The molecule has 0 atom stereocenters. The predicted octanol–water partition coefficient (Wildman–Crippen LogP) is 3.60. The maximum atomic E-state index is 5.25. The van der Waals surface area contributed by atoms with Crippen molar-refractivity contribution >= 4 is 5.69 Å². The lowest BCUT2D eigenvalue weighted by Gasteiger charge is -2.28. The Morgan fingerprint density at radius 2 is 1.90 bits per heavy atom. The Kier molecular flexibility index (Phi) is 7.76. The molecule has 0 amide bonds. The van der Waals surface area contributed by atoms with Crippen LogP contribution in [0.5, 0.6) is 0 Å². The lowest BCUT2D eigenvalue weighted by atomic mass is 10.1. The molecule has 21 heavy (non-hydrogen) atoms. The maximum Gasteiger partial charge on any atom is 0.0637 e. The number of anilines is 1. The van der Waals surface area contributed by atoms with Crippen LogP contribution in [-0.4, -0.2) is 32.8 Å². The van der Waals surface area contributed by atoms with E-state index in [9.17, 15) is 0 Å². The van der Waals surface area contributed by atoms with Gasteiger partial charge in [0.05, 0.1) is 6.61 Å². The van der Waals surface area contributed by atoms with Crippen molar-refractivity contribution in [3.05, 3.63) is 29.3 Å². The van der Waals surface area contributed by atoms with E-state index in [4.69, 9.17) is 4.74 Å². The third-order valence-corrected chi connectivity index (χ3v) is 3.47. The monoisotopic (exact) mass is 292 g/mol. The molecule has 3 heteroatoms. The molecule has 1 rings (SSSR count). The number of hydrogen-bond donors (Lipinski definition) is 1. The van der Waals surface area contributed by atoms with Crippen molar-refractivity contribution in [3.8, 4) is 0 Å². The second kappa shape index (κ2) is 9.06. The van der Waals surface area contributed by atoms with E-state index in [0.717, 1.165) is 26.2 Å². The SMILES string of the molecule is COCCN(CC(C)C)c1ccc(CNC(C)C)cc1C. The summed E-state index contributed by atoms with van der Waals surface area (Å²) in [7, 11) is 1.76. The van der Waals surface area contributed by atoms with Crippen LogP contribution in [0.25, 0.3) is 0 Å². The van der Waals surface area contributed by atoms with E-state index < -0.39 is 0 Å². The number of hydrogen-bond acceptors (Lipinski definition) is 3. The lowest BCUT2D eigenvalue weighted by molar-refractivity contribution is 0.204. The van der Waals surface area contributed by atoms with Gasteiger partial charge in [0.15, 0.2) is 0 Å².